The molecule has 4 N–H and O–H groups in total. The van der Waals surface area contributed by atoms with Crippen LogP contribution >= 0.6 is 23.4 Å². The van der Waals surface area contributed by atoms with Gasteiger partial charge in [0.1, 0.15) is 46.6 Å². The van der Waals surface area contributed by atoms with Crippen molar-refractivity contribution in [2.24, 2.45) is 0 Å². The summed E-state index contributed by atoms with van der Waals surface area (Å²) < 4.78 is 26.3. The summed E-state index contributed by atoms with van der Waals surface area (Å²) >= 11 is 6.90. The minimum atomic E-state index is -1.42. The number of carbonyl (C=O) groups is 1. The van der Waals surface area contributed by atoms with E-state index < -0.39 is 53.1 Å². The van der Waals surface area contributed by atoms with E-state index in [0.29, 0.717) is 12.1 Å². The summed E-state index contributed by atoms with van der Waals surface area (Å²) in [5, 5.41) is 50.9. The van der Waals surface area contributed by atoms with Crippen LogP contribution in [-0.4, -0.2) is 114 Å². The van der Waals surface area contributed by atoms with Gasteiger partial charge in [-0.2, -0.15) is 0 Å². The van der Waals surface area contributed by atoms with Crippen molar-refractivity contribution in [1.29, 1.82) is 0 Å². The number of ether oxygens (including phenoxy) is 2. The highest BCUT2D eigenvalue weighted by atomic mass is 35.5. The zero-order valence-electron chi connectivity index (χ0n) is 21.0. The van der Waals surface area contributed by atoms with Crippen LogP contribution in [0.25, 0.3) is 11.3 Å². The SMILES string of the molecule is CCN(C)C(=O)C(S[C@@H]1O[C@H](CO)[C@H](O)[C@H](n2cc(-c3cc(F)cc(Cl)c3)nn2)[C@H]1O)C1(O)CCOCC1. The van der Waals surface area contributed by atoms with Crippen LogP contribution < -0.4 is 0 Å². The molecule has 2 saturated heterocycles. The van der Waals surface area contributed by atoms with Crippen molar-refractivity contribution < 1.29 is 39.1 Å². The van der Waals surface area contributed by atoms with Gasteiger partial charge >= 0.3 is 0 Å². The Hall–Kier alpha value is -1.84. The molecule has 1 aromatic carbocycles. The number of halogens is 2. The van der Waals surface area contributed by atoms with E-state index in [0.717, 1.165) is 17.8 Å². The largest absolute Gasteiger partial charge is 0.394 e. The van der Waals surface area contributed by atoms with Gasteiger partial charge in [0.05, 0.1) is 18.4 Å². The molecule has 38 heavy (non-hydrogen) atoms. The van der Waals surface area contributed by atoms with E-state index in [2.05, 4.69) is 10.3 Å². The van der Waals surface area contributed by atoms with Crippen molar-refractivity contribution in [2.45, 2.75) is 60.4 Å². The second-order valence-electron chi connectivity index (χ2n) is 9.52. The smallest absolute Gasteiger partial charge is 0.238 e. The van der Waals surface area contributed by atoms with Crippen LogP contribution in [0.2, 0.25) is 5.02 Å². The summed E-state index contributed by atoms with van der Waals surface area (Å²) in [5.74, 6) is -0.907. The number of hydrogen-bond acceptors (Lipinski definition) is 10. The number of aliphatic hydroxyl groups is 4. The molecule has 210 valence electrons. The fourth-order valence-electron chi connectivity index (χ4n) is 4.64. The number of carbonyl (C=O) groups excluding carboxylic acids is 1. The number of amides is 1. The Bertz CT molecular complexity index is 1100. The molecule has 2 aliphatic heterocycles. The number of thioether (sulfide) groups is 1. The van der Waals surface area contributed by atoms with Crippen LogP contribution in [0.5, 0.6) is 0 Å². The van der Waals surface area contributed by atoms with E-state index in [9.17, 15) is 29.6 Å². The summed E-state index contributed by atoms with van der Waals surface area (Å²) in [7, 11) is 1.62. The van der Waals surface area contributed by atoms with E-state index in [-0.39, 0.29) is 42.7 Å². The van der Waals surface area contributed by atoms with E-state index >= 15 is 0 Å². The number of rotatable bonds is 8. The minimum absolute atomic E-state index is 0.163. The second-order valence-corrected chi connectivity index (χ2v) is 11.2. The van der Waals surface area contributed by atoms with Crippen molar-refractivity contribution in [2.75, 3.05) is 33.4 Å². The fourth-order valence-corrected chi connectivity index (χ4v) is 6.45. The number of aliphatic hydroxyl groups excluding tert-OH is 3. The first-order valence-corrected chi connectivity index (χ1v) is 13.6. The van der Waals surface area contributed by atoms with Crippen molar-refractivity contribution in [1.82, 2.24) is 19.9 Å². The predicted molar refractivity (Wildman–Crippen MR) is 137 cm³/mol. The molecule has 11 nitrogen and oxygen atoms in total. The average molecular weight is 575 g/mol. The van der Waals surface area contributed by atoms with Gasteiger partial charge in [0, 0.05) is 50.2 Å². The minimum Gasteiger partial charge on any atom is -0.394 e. The maximum Gasteiger partial charge on any atom is 0.238 e. The molecular weight excluding hydrogens is 543 g/mol. The van der Waals surface area contributed by atoms with E-state index in [1.54, 1.807) is 7.05 Å². The summed E-state index contributed by atoms with van der Waals surface area (Å²) in [6.45, 7) is 2.19. The average Bonchev–Trinajstić information content (AvgIpc) is 3.37. The highest BCUT2D eigenvalue weighted by Crippen LogP contribution is 2.42. The summed E-state index contributed by atoms with van der Waals surface area (Å²) in [6, 6.07) is 2.74. The van der Waals surface area contributed by atoms with Crippen LogP contribution in [0.15, 0.2) is 24.4 Å². The Balaban J connectivity index is 1.64. The Morgan fingerprint density at radius 3 is 2.66 bits per heavy atom. The molecule has 1 unspecified atom stereocenters. The Labute approximate surface area is 228 Å². The van der Waals surface area contributed by atoms with E-state index in [1.165, 1.54) is 27.9 Å². The lowest BCUT2D eigenvalue weighted by molar-refractivity contribution is -0.179. The topological polar surface area (TPSA) is 150 Å². The van der Waals surface area contributed by atoms with Gasteiger partial charge in [0.15, 0.2) is 0 Å². The van der Waals surface area contributed by atoms with Crippen LogP contribution in [-0.2, 0) is 14.3 Å². The maximum absolute atomic E-state index is 13.9. The molecule has 2 fully saturated rings. The Morgan fingerprint density at radius 1 is 1.32 bits per heavy atom. The molecule has 1 amide bonds. The molecule has 0 radical (unpaired) electrons. The van der Waals surface area contributed by atoms with Gasteiger partial charge in [0.25, 0.3) is 0 Å². The van der Waals surface area contributed by atoms with Gasteiger partial charge in [-0.1, -0.05) is 16.8 Å². The zero-order valence-corrected chi connectivity index (χ0v) is 22.6. The maximum atomic E-state index is 13.9. The van der Waals surface area contributed by atoms with E-state index in [1.807, 2.05) is 6.92 Å². The highest BCUT2D eigenvalue weighted by molar-refractivity contribution is 8.01. The normalized spacial score (nSPS) is 28.2. The quantitative estimate of drug-likeness (QED) is 0.357. The van der Waals surface area contributed by atoms with Crippen LogP contribution in [0.3, 0.4) is 0 Å². The molecule has 3 heterocycles. The van der Waals surface area contributed by atoms with Crippen molar-refractivity contribution in [3.05, 3.63) is 35.2 Å². The Morgan fingerprint density at radius 2 is 2.03 bits per heavy atom. The summed E-state index contributed by atoms with van der Waals surface area (Å²) in [5.41, 5.74) is -1.94. The molecule has 0 saturated carbocycles. The summed E-state index contributed by atoms with van der Waals surface area (Å²) in [4.78, 5) is 14.8. The van der Waals surface area contributed by atoms with Gasteiger partial charge in [-0.05, 0) is 25.1 Å². The van der Waals surface area contributed by atoms with Crippen molar-refractivity contribution in [3.63, 3.8) is 0 Å². The highest BCUT2D eigenvalue weighted by Gasteiger charge is 2.51. The monoisotopic (exact) mass is 574 g/mol. The molecule has 0 bridgehead atoms. The molecule has 2 aromatic rings. The second kappa shape index (κ2) is 12.1. The predicted octanol–water partition coefficient (Wildman–Crippen LogP) is 0.839. The number of nitrogens with zero attached hydrogens (tertiary/aromatic N) is 4. The Kier molecular flexibility index (Phi) is 9.30. The third-order valence-corrected chi connectivity index (χ3v) is 8.80. The van der Waals surface area contributed by atoms with Gasteiger partial charge in [0.2, 0.25) is 5.91 Å². The molecule has 6 atom stereocenters. The molecule has 1 aromatic heterocycles. The molecule has 2 aliphatic rings. The molecular formula is C24H32ClFN4O7S. The van der Waals surface area contributed by atoms with Gasteiger partial charge < -0.3 is 34.8 Å². The molecule has 4 rings (SSSR count). The first-order valence-electron chi connectivity index (χ1n) is 12.3. The first-order chi connectivity index (χ1) is 18.1. The lowest BCUT2D eigenvalue weighted by atomic mass is 9.89. The van der Waals surface area contributed by atoms with Crippen molar-refractivity contribution >= 4 is 29.3 Å². The number of aromatic nitrogens is 3. The lowest BCUT2D eigenvalue weighted by Crippen LogP contribution is -2.58. The van der Waals surface area contributed by atoms with Crippen molar-refractivity contribution in [3.8, 4) is 11.3 Å². The summed E-state index contributed by atoms with van der Waals surface area (Å²) in [6.07, 6.45) is -2.08. The van der Waals surface area contributed by atoms with E-state index in [4.69, 9.17) is 21.1 Å². The standard InChI is InChI=1S/C24H32ClFN4O7S/c1-3-29(2)22(34)21(24(35)4-6-36-7-5-24)38-23-20(33)18(19(32)17(12-31)37-23)30-11-16(27-28-30)13-8-14(25)10-15(26)9-13/h8-11,17-21,23,31-33,35H,3-7,12H2,1-2H3/t17-,18+,19+,20-,21?,23+/m1/s1. The van der Waals surface area contributed by atoms with Gasteiger partial charge in [-0.15, -0.1) is 16.9 Å². The lowest BCUT2D eigenvalue weighted by Gasteiger charge is -2.45. The number of hydrogen-bond donors (Lipinski definition) is 4. The first kappa shape index (κ1) is 29.2. The third kappa shape index (κ3) is 5.99. The number of benzene rings is 1. The fraction of sp³-hybridized carbons (Fsp3) is 0.625. The van der Waals surface area contributed by atoms with Crippen LogP contribution in [0, 0.1) is 5.82 Å². The van der Waals surface area contributed by atoms with Crippen LogP contribution in [0.1, 0.15) is 25.8 Å². The third-order valence-electron chi connectivity index (χ3n) is 7.01. The van der Waals surface area contributed by atoms with Gasteiger partial charge in [-0.25, -0.2) is 9.07 Å². The van der Waals surface area contributed by atoms with Crippen LogP contribution in [0.4, 0.5) is 4.39 Å². The molecule has 0 aliphatic carbocycles. The van der Waals surface area contributed by atoms with Gasteiger partial charge in [-0.3, -0.25) is 4.79 Å². The zero-order chi connectivity index (χ0) is 27.6. The molecule has 0 spiro atoms. The molecule has 14 heteroatoms.